The number of carbonyl (C=O) groups is 1. The van der Waals surface area contributed by atoms with E-state index in [-0.39, 0.29) is 32.7 Å². The fraction of sp³-hybridized carbons (Fsp3) is 0.650. The van der Waals surface area contributed by atoms with Gasteiger partial charge in [0.1, 0.15) is 6.29 Å². The van der Waals surface area contributed by atoms with Crippen LogP contribution in [0, 0.1) is 12.3 Å². The topological polar surface area (TPSA) is 34.4 Å². The average Bonchev–Trinajstić information content (AvgIpc) is 2.63. The number of hydrogen-bond donors (Lipinski definition) is 0. The van der Waals surface area contributed by atoms with Crippen LogP contribution in [-0.2, 0) is 37.5 Å². The Kier molecular flexibility index (Phi) is 27.0. The molecule has 2 aliphatic heterocycles. The molecule has 0 bridgehead atoms. The monoisotopic (exact) mass is 408 g/mol. The number of likely N-dealkylation sites (N-methyl/N-ethyl adjacent to an activating group) is 1. The molecule has 0 aliphatic carbocycles. The Morgan fingerprint density at radius 2 is 1.88 bits per heavy atom. The number of nitrogens with zero attached hydrogens (tertiary/aromatic N) is 2. The summed E-state index contributed by atoms with van der Waals surface area (Å²) < 4.78 is 0. The first-order valence-corrected chi connectivity index (χ1v) is 8.81. The number of terminal acetylenes is 1. The van der Waals surface area contributed by atoms with Crippen molar-refractivity contribution in [3.05, 3.63) is 28.6 Å². The molecule has 1 radical (unpaired) electrons. The Morgan fingerprint density at radius 3 is 2.29 bits per heavy atom. The zero-order valence-electron chi connectivity index (χ0n) is 16.3. The Morgan fingerprint density at radius 1 is 1.21 bits per heavy atom. The summed E-state index contributed by atoms with van der Waals surface area (Å²) in [6.45, 7) is 11.9. The van der Waals surface area contributed by atoms with E-state index in [1.807, 2.05) is 33.8 Å². The van der Waals surface area contributed by atoms with Crippen molar-refractivity contribution in [3.8, 4) is 12.3 Å². The van der Waals surface area contributed by atoms with Gasteiger partial charge in [-0.1, -0.05) is 51.3 Å². The molecule has 0 aromatic rings. The largest absolute Gasteiger partial charge is 0.659 e. The Hall–Kier alpha value is -0.266. The quantitative estimate of drug-likeness (QED) is 0.389. The summed E-state index contributed by atoms with van der Waals surface area (Å²) in [5, 5.41) is 4.12. The van der Waals surface area contributed by atoms with Crippen LogP contribution in [0.1, 0.15) is 53.4 Å². The van der Waals surface area contributed by atoms with Crippen molar-refractivity contribution in [2.24, 2.45) is 0 Å². The molecule has 2 aliphatic rings. The van der Waals surface area contributed by atoms with Crippen LogP contribution in [0.5, 0.6) is 0 Å². The van der Waals surface area contributed by atoms with Crippen molar-refractivity contribution in [3.63, 3.8) is 0 Å². The molecule has 0 N–H and O–H groups in total. The summed E-state index contributed by atoms with van der Waals surface area (Å²) >= 11 is 0. The van der Waals surface area contributed by atoms with E-state index in [1.165, 1.54) is 11.1 Å². The summed E-state index contributed by atoms with van der Waals surface area (Å²) in [7, 11) is 2.13. The van der Waals surface area contributed by atoms with Gasteiger partial charge in [-0.2, -0.15) is 0 Å². The van der Waals surface area contributed by atoms with Gasteiger partial charge in [-0.15, -0.1) is 31.5 Å². The maximum absolute atomic E-state index is 10.0. The summed E-state index contributed by atoms with van der Waals surface area (Å²) in [6.07, 6.45) is 14.0. The third kappa shape index (κ3) is 16.6. The van der Waals surface area contributed by atoms with Gasteiger partial charge >= 0.3 is 0 Å². The van der Waals surface area contributed by atoms with Gasteiger partial charge in [0, 0.05) is 58.6 Å². The summed E-state index contributed by atoms with van der Waals surface area (Å²) in [6, 6.07) is 0. The van der Waals surface area contributed by atoms with E-state index in [0.29, 0.717) is 6.42 Å². The fourth-order valence-electron chi connectivity index (χ4n) is 2.01. The number of aldehydes is 1. The molecule has 0 fully saturated rings. The van der Waals surface area contributed by atoms with Crippen LogP contribution < -0.4 is 0 Å². The van der Waals surface area contributed by atoms with E-state index >= 15 is 0 Å². The Bertz CT molecular complexity index is 384. The van der Waals surface area contributed by atoms with Gasteiger partial charge in [0.25, 0.3) is 0 Å². The molecule has 0 atom stereocenters. The Balaban J connectivity index is -0.000000295. The van der Waals surface area contributed by atoms with Crippen molar-refractivity contribution >= 4 is 6.29 Å². The van der Waals surface area contributed by atoms with Crippen LogP contribution in [-0.4, -0.2) is 44.4 Å². The normalized spacial score (nSPS) is 15.8. The van der Waals surface area contributed by atoms with Crippen LogP contribution in [0.4, 0.5) is 0 Å². The van der Waals surface area contributed by atoms with Crippen molar-refractivity contribution in [1.29, 1.82) is 0 Å². The van der Waals surface area contributed by atoms with Crippen LogP contribution in [0.15, 0.2) is 23.3 Å². The first kappa shape index (κ1) is 28.5. The summed E-state index contributed by atoms with van der Waals surface area (Å²) in [5.41, 5.74) is 2.68. The van der Waals surface area contributed by atoms with E-state index < -0.39 is 0 Å². The molecule has 2 rings (SSSR count). The third-order valence-corrected chi connectivity index (χ3v) is 3.28. The minimum absolute atomic E-state index is 0. The second kappa shape index (κ2) is 22.7. The fourth-order valence-corrected chi connectivity index (χ4v) is 2.01. The van der Waals surface area contributed by atoms with E-state index in [4.69, 9.17) is 6.42 Å². The van der Waals surface area contributed by atoms with Crippen molar-refractivity contribution in [2.75, 3.05) is 33.2 Å². The molecule has 0 spiro atoms. The molecule has 135 valence electrons. The molecule has 2 heterocycles. The molecule has 0 aromatic carbocycles. The first-order valence-electron chi connectivity index (χ1n) is 8.81. The minimum Gasteiger partial charge on any atom is -0.659 e. The van der Waals surface area contributed by atoms with Gasteiger partial charge < -0.3 is 15.0 Å². The SMILES string of the molecule is C#CCC1=CCN(C)CC1.CC.CC.O=CCC1=CC[N-]CC1.[Y]. The van der Waals surface area contributed by atoms with Gasteiger partial charge in [-0.3, -0.25) is 0 Å². The maximum Gasteiger partial charge on any atom is 0.124 e. The van der Waals surface area contributed by atoms with Crippen molar-refractivity contribution in [1.82, 2.24) is 4.90 Å². The van der Waals surface area contributed by atoms with Gasteiger partial charge in [0.2, 0.25) is 0 Å². The molecule has 4 heteroatoms. The Labute approximate surface area is 175 Å². The van der Waals surface area contributed by atoms with Crippen molar-refractivity contribution in [2.45, 2.75) is 53.4 Å². The number of hydrogen-bond acceptors (Lipinski definition) is 2. The van der Waals surface area contributed by atoms with Crippen LogP contribution >= 0.6 is 0 Å². The second-order valence-electron chi connectivity index (χ2n) is 4.87. The minimum atomic E-state index is 0. The van der Waals surface area contributed by atoms with Gasteiger partial charge in [-0.05, 0) is 13.5 Å². The zero-order valence-corrected chi connectivity index (χ0v) is 19.2. The second-order valence-corrected chi connectivity index (χ2v) is 4.87. The smallest absolute Gasteiger partial charge is 0.124 e. The molecule has 0 amide bonds. The van der Waals surface area contributed by atoms with E-state index in [0.717, 1.165) is 51.7 Å². The third-order valence-electron chi connectivity index (χ3n) is 3.28. The van der Waals surface area contributed by atoms with E-state index in [9.17, 15) is 4.79 Å². The molecule has 0 aromatic heterocycles. The van der Waals surface area contributed by atoms with Gasteiger partial charge in [0.15, 0.2) is 0 Å². The maximum atomic E-state index is 10.0. The van der Waals surface area contributed by atoms with Crippen molar-refractivity contribution < 1.29 is 37.5 Å². The predicted molar refractivity (Wildman–Crippen MR) is 103 cm³/mol. The standard InChI is InChI=1S/C9H13N.C7H10NO.2C2H6.Y/c1-3-4-9-5-7-10(2)8-6-9;9-6-3-7-1-4-8-5-2-7;2*1-2;/h1,5H,4,6-8H2,2H3;1,6H,2-5H2;2*1-2H3;/q;-1;;;. The summed E-state index contributed by atoms with van der Waals surface area (Å²) in [5.74, 6) is 2.67. The first-order chi connectivity index (χ1) is 11.3. The number of carbonyl (C=O) groups excluding carboxylic acids is 1. The van der Waals surface area contributed by atoms with Crippen LogP contribution in [0.2, 0.25) is 0 Å². The molecule has 24 heavy (non-hydrogen) atoms. The van der Waals surface area contributed by atoms with Crippen LogP contribution in [0.3, 0.4) is 0 Å². The van der Waals surface area contributed by atoms with Gasteiger partial charge in [0.05, 0.1) is 0 Å². The number of rotatable bonds is 3. The molecule has 0 saturated heterocycles. The van der Waals surface area contributed by atoms with Gasteiger partial charge in [-0.25, -0.2) is 0 Å². The van der Waals surface area contributed by atoms with E-state index in [2.05, 4.69) is 29.3 Å². The molecule has 3 nitrogen and oxygen atoms in total. The molecule has 0 unspecified atom stereocenters. The van der Waals surface area contributed by atoms with E-state index in [1.54, 1.807) is 0 Å². The molecule has 0 saturated carbocycles. The summed E-state index contributed by atoms with van der Waals surface area (Å²) in [4.78, 5) is 12.3. The average molecular weight is 408 g/mol. The zero-order chi connectivity index (χ0) is 17.9. The van der Waals surface area contributed by atoms with Crippen LogP contribution in [0.25, 0.3) is 5.32 Å². The molecular weight excluding hydrogens is 373 g/mol. The predicted octanol–water partition coefficient (Wildman–Crippen LogP) is 4.60. The molecular formula is C20H35N2OY-.